The molecule has 1 heterocycles. The van der Waals surface area contributed by atoms with E-state index in [0.29, 0.717) is 10.6 Å². The number of hydrogen-bond donors (Lipinski definition) is 1. The molecule has 2 aromatic rings. The van der Waals surface area contributed by atoms with Crippen LogP contribution in [0.15, 0.2) is 42.5 Å². The zero-order chi connectivity index (χ0) is 18.7. The van der Waals surface area contributed by atoms with Crippen molar-refractivity contribution in [3.8, 4) is 0 Å². The van der Waals surface area contributed by atoms with Crippen molar-refractivity contribution in [3.63, 3.8) is 0 Å². The summed E-state index contributed by atoms with van der Waals surface area (Å²) in [5, 5.41) is 3.68. The summed E-state index contributed by atoms with van der Waals surface area (Å²) in [6.07, 6.45) is 2.41. The number of amides is 1. The Morgan fingerprint density at radius 2 is 2.08 bits per heavy atom. The van der Waals surface area contributed by atoms with Gasteiger partial charge in [0, 0.05) is 28.2 Å². The summed E-state index contributed by atoms with van der Waals surface area (Å²) in [5.41, 5.74) is 2.43. The molecule has 0 saturated carbocycles. The number of rotatable bonds is 5. The quantitative estimate of drug-likeness (QED) is 0.831. The molecule has 5 heteroatoms. The lowest BCUT2D eigenvalue weighted by atomic mass is 9.94. The van der Waals surface area contributed by atoms with Gasteiger partial charge in [0.2, 0.25) is 5.91 Å². The van der Waals surface area contributed by atoms with Crippen LogP contribution in [0, 0.1) is 11.7 Å². The number of fused-ring (bicyclic) bond motifs is 1. The maximum absolute atomic E-state index is 14.3. The zero-order valence-corrected chi connectivity index (χ0v) is 15.9. The first kappa shape index (κ1) is 18.9. The topological polar surface area (TPSA) is 32.3 Å². The van der Waals surface area contributed by atoms with Crippen LogP contribution in [-0.4, -0.2) is 19.0 Å². The van der Waals surface area contributed by atoms with Crippen molar-refractivity contribution in [2.24, 2.45) is 5.92 Å². The third-order valence-electron chi connectivity index (χ3n) is 5.13. The second-order valence-electron chi connectivity index (χ2n) is 6.95. The predicted octanol–water partition coefficient (Wildman–Crippen LogP) is 4.57. The Kier molecular flexibility index (Phi) is 5.94. The van der Waals surface area contributed by atoms with Crippen LogP contribution in [0.1, 0.15) is 30.9 Å². The van der Waals surface area contributed by atoms with E-state index in [-0.39, 0.29) is 30.2 Å². The van der Waals surface area contributed by atoms with Crippen LogP contribution in [0.25, 0.3) is 0 Å². The van der Waals surface area contributed by atoms with Crippen LogP contribution in [0.2, 0.25) is 5.02 Å². The van der Waals surface area contributed by atoms with Gasteiger partial charge in [0.25, 0.3) is 0 Å². The Morgan fingerprint density at radius 3 is 2.85 bits per heavy atom. The van der Waals surface area contributed by atoms with Crippen molar-refractivity contribution in [1.82, 2.24) is 5.32 Å². The van der Waals surface area contributed by atoms with Crippen LogP contribution in [-0.2, 0) is 17.8 Å². The first-order chi connectivity index (χ1) is 12.5. The summed E-state index contributed by atoms with van der Waals surface area (Å²) >= 11 is 6.04. The van der Waals surface area contributed by atoms with E-state index in [1.807, 2.05) is 31.3 Å². The Hall–Kier alpha value is -1.91. The predicted molar refractivity (Wildman–Crippen MR) is 104 cm³/mol. The molecule has 1 amide bonds. The SMILES string of the molecule is CN[C@@H](C)CC1CCc2ccccc2N(Cc2cc(Cl)ccc2F)C1=O. The average Bonchev–Trinajstić information content (AvgIpc) is 2.76. The molecule has 0 aromatic heterocycles. The number of nitrogens with zero attached hydrogens (tertiary/aromatic N) is 1. The van der Waals surface area contributed by atoms with E-state index in [1.165, 1.54) is 12.1 Å². The standard InChI is InChI=1S/C21H24ClFN2O/c1-14(24-2)11-16-8-7-15-5-3-4-6-20(15)25(21(16)26)13-17-12-18(22)9-10-19(17)23/h3-6,9-10,12,14,16,24H,7-8,11,13H2,1-2H3/t14-,16?/m0/s1. The van der Waals surface area contributed by atoms with Crippen LogP contribution in [0.5, 0.6) is 0 Å². The van der Waals surface area contributed by atoms with Crippen LogP contribution >= 0.6 is 11.6 Å². The molecule has 0 saturated heterocycles. The van der Waals surface area contributed by atoms with E-state index in [9.17, 15) is 9.18 Å². The van der Waals surface area contributed by atoms with Crippen LogP contribution < -0.4 is 10.2 Å². The number of anilines is 1. The summed E-state index contributed by atoms with van der Waals surface area (Å²) in [4.78, 5) is 15.0. The summed E-state index contributed by atoms with van der Waals surface area (Å²) in [6.45, 7) is 2.26. The molecule has 26 heavy (non-hydrogen) atoms. The summed E-state index contributed by atoms with van der Waals surface area (Å²) in [7, 11) is 1.90. The Bertz CT molecular complexity index is 795. The van der Waals surface area contributed by atoms with Crippen molar-refractivity contribution in [2.75, 3.05) is 11.9 Å². The van der Waals surface area contributed by atoms with E-state index in [1.54, 1.807) is 11.0 Å². The monoisotopic (exact) mass is 374 g/mol. The van der Waals surface area contributed by atoms with Gasteiger partial charge in [0.05, 0.1) is 6.54 Å². The molecule has 0 aliphatic carbocycles. The minimum Gasteiger partial charge on any atom is -0.317 e. The Morgan fingerprint density at radius 1 is 1.31 bits per heavy atom. The highest BCUT2D eigenvalue weighted by Gasteiger charge is 2.31. The molecule has 0 fully saturated rings. The summed E-state index contributed by atoms with van der Waals surface area (Å²) in [6, 6.07) is 12.6. The molecule has 0 bridgehead atoms. The van der Waals surface area contributed by atoms with Crippen molar-refractivity contribution >= 4 is 23.2 Å². The van der Waals surface area contributed by atoms with Crippen LogP contribution in [0.3, 0.4) is 0 Å². The van der Waals surface area contributed by atoms with Crippen molar-refractivity contribution in [2.45, 2.75) is 38.8 Å². The molecular weight excluding hydrogens is 351 g/mol. The van der Waals surface area contributed by atoms with Crippen molar-refractivity contribution in [3.05, 3.63) is 64.4 Å². The second kappa shape index (κ2) is 8.19. The maximum atomic E-state index is 14.3. The maximum Gasteiger partial charge on any atom is 0.230 e. The van der Waals surface area contributed by atoms with Gasteiger partial charge in [-0.05, 0) is 63.1 Å². The molecule has 3 rings (SSSR count). The first-order valence-corrected chi connectivity index (χ1v) is 9.38. The van der Waals surface area contributed by atoms with Crippen LogP contribution in [0.4, 0.5) is 10.1 Å². The molecule has 1 aliphatic heterocycles. The van der Waals surface area contributed by atoms with Gasteiger partial charge in [-0.25, -0.2) is 4.39 Å². The lowest BCUT2D eigenvalue weighted by Crippen LogP contribution is -2.38. The number of halogens is 2. The first-order valence-electron chi connectivity index (χ1n) is 9.00. The van der Waals surface area contributed by atoms with E-state index in [2.05, 4.69) is 12.2 Å². The van der Waals surface area contributed by atoms with Gasteiger partial charge in [-0.3, -0.25) is 4.79 Å². The van der Waals surface area contributed by atoms with Gasteiger partial charge >= 0.3 is 0 Å². The molecule has 0 spiro atoms. The smallest absolute Gasteiger partial charge is 0.230 e. The number of para-hydroxylation sites is 1. The van der Waals surface area contributed by atoms with Gasteiger partial charge in [-0.1, -0.05) is 29.8 Å². The lowest BCUT2D eigenvalue weighted by Gasteiger charge is -2.27. The van der Waals surface area contributed by atoms with Gasteiger partial charge in [0.15, 0.2) is 0 Å². The molecule has 3 nitrogen and oxygen atoms in total. The molecule has 1 N–H and O–H groups in total. The van der Waals surface area contributed by atoms with E-state index in [4.69, 9.17) is 11.6 Å². The highest BCUT2D eigenvalue weighted by atomic mass is 35.5. The molecule has 2 atom stereocenters. The highest BCUT2D eigenvalue weighted by Crippen LogP contribution is 2.33. The minimum atomic E-state index is -0.343. The number of carbonyl (C=O) groups is 1. The van der Waals surface area contributed by atoms with E-state index >= 15 is 0 Å². The molecule has 2 aromatic carbocycles. The summed E-state index contributed by atoms with van der Waals surface area (Å²) in [5.74, 6) is -0.382. The zero-order valence-electron chi connectivity index (χ0n) is 15.1. The van der Waals surface area contributed by atoms with E-state index in [0.717, 1.165) is 30.5 Å². The largest absolute Gasteiger partial charge is 0.317 e. The number of aryl methyl sites for hydroxylation is 1. The Labute approximate surface area is 159 Å². The number of hydrogen-bond acceptors (Lipinski definition) is 2. The number of carbonyl (C=O) groups excluding carboxylic acids is 1. The van der Waals surface area contributed by atoms with E-state index < -0.39 is 0 Å². The second-order valence-corrected chi connectivity index (χ2v) is 7.39. The lowest BCUT2D eigenvalue weighted by molar-refractivity contribution is -0.123. The normalized spacial score (nSPS) is 18.4. The van der Waals surface area contributed by atoms with Crippen molar-refractivity contribution in [1.29, 1.82) is 0 Å². The third-order valence-corrected chi connectivity index (χ3v) is 5.36. The van der Waals surface area contributed by atoms with Gasteiger partial charge < -0.3 is 10.2 Å². The number of nitrogens with one attached hydrogen (secondary N) is 1. The molecule has 1 aliphatic rings. The fraction of sp³-hybridized carbons (Fsp3) is 0.381. The van der Waals surface area contributed by atoms with Gasteiger partial charge in [-0.2, -0.15) is 0 Å². The summed E-state index contributed by atoms with van der Waals surface area (Å²) < 4.78 is 14.3. The average molecular weight is 375 g/mol. The number of benzene rings is 2. The fourth-order valence-corrected chi connectivity index (χ4v) is 3.73. The van der Waals surface area contributed by atoms with Gasteiger partial charge in [0.1, 0.15) is 5.82 Å². The van der Waals surface area contributed by atoms with Gasteiger partial charge in [-0.15, -0.1) is 0 Å². The molecule has 138 valence electrons. The molecular formula is C21H24ClFN2O. The fourth-order valence-electron chi connectivity index (χ4n) is 3.54. The minimum absolute atomic E-state index is 0.0522. The third kappa shape index (κ3) is 4.08. The highest BCUT2D eigenvalue weighted by molar-refractivity contribution is 6.30. The molecule has 1 unspecified atom stereocenters. The molecule has 0 radical (unpaired) electrons. The van der Waals surface area contributed by atoms with Crippen molar-refractivity contribution < 1.29 is 9.18 Å². The Balaban J connectivity index is 1.97.